The van der Waals surface area contributed by atoms with Gasteiger partial charge in [-0.3, -0.25) is 9.78 Å². The van der Waals surface area contributed by atoms with E-state index >= 15 is 0 Å². The van der Waals surface area contributed by atoms with E-state index in [1.165, 1.54) is 0 Å². The maximum atomic E-state index is 11.9. The fourth-order valence-corrected chi connectivity index (χ4v) is 2.45. The average Bonchev–Trinajstić information content (AvgIpc) is 2.80. The van der Waals surface area contributed by atoms with Gasteiger partial charge in [-0.2, -0.15) is 0 Å². The van der Waals surface area contributed by atoms with Crippen molar-refractivity contribution in [2.24, 2.45) is 0 Å². The van der Waals surface area contributed by atoms with Gasteiger partial charge < -0.3 is 14.8 Å². The zero-order valence-corrected chi connectivity index (χ0v) is 12.9. The Labute approximate surface area is 135 Å². The maximum Gasteiger partial charge on any atom is 0.261 e. The number of carbonyl (C=O) groups is 1. The van der Waals surface area contributed by atoms with Crippen molar-refractivity contribution in [2.75, 3.05) is 6.54 Å². The van der Waals surface area contributed by atoms with E-state index in [4.69, 9.17) is 9.47 Å². The van der Waals surface area contributed by atoms with Crippen LogP contribution in [0.1, 0.15) is 24.8 Å². The van der Waals surface area contributed by atoms with Crippen molar-refractivity contribution in [1.82, 2.24) is 10.3 Å². The van der Waals surface area contributed by atoms with Crippen molar-refractivity contribution in [3.63, 3.8) is 0 Å². The Hall–Kier alpha value is -2.56. The normalized spacial score (nSPS) is 17.9. The molecule has 1 aliphatic rings. The Morgan fingerprint density at radius 3 is 2.74 bits per heavy atom. The summed E-state index contributed by atoms with van der Waals surface area (Å²) in [7, 11) is 0. The molecular formula is C18H20N2O3. The summed E-state index contributed by atoms with van der Waals surface area (Å²) in [5.74, 6) is 1.41. The number of ether oxygens (including phenoxy) is 2. The lowest BCUT2D eigenvalue weighted by atomic mass is 10.2. The Balaban J connectivity index is 1.55. The van der Waals surface area contributed by atoms with E-state index in [2.05, 4.69) is 10.3 Å². The Morgan fingerprint density at radius 1 is 1.13 bits per heavy atom. The molecule has 1 N–H and O–H groups in total. The maximum absolute atomic E-state index is 11.9. The number of aromatic nitrogens is 1. The summed E-state index contributed by atoms with van der Waals surface area (Å²) in [5, 5.41) is 2.87. The van der Waals surface area contributed by atoms with E-state index < -0.39 is 6.10 Å². The fourth-order valence-electron chi connectivity index (χ4n) is 2.45. The topological polar surface area (TPSA) is 60.5 Å². The first-order valence-electron chi connectivity index (χ1n) is 7.87. The monoisotopic (exact) mass is 312 g/mol. The number of rotatable bonds is 5. The number of pyridine rings is 1. The van der Waals surface area contributed by atoms with Gasteiger partial charge in [-0.05, 0) is 49.6 Å². The SMILES string of the molecule is O=C1NCCCCC1Oc1ccc(OCc2cccnc2)cc1. The molecule has 0 bridgehead atoms. The second-order valence-electron chi connectivity index (χ2n) is 5.51. The van der Waals surface area contributed by atoms with Crippen LogP contribution in [0.2, 0.25) is 0 Å². The summed E-state index contributed by atoms with van der Waals surface area (Å²) < 4.78 is 11.5. The molecule has 3 rings (SSSR count). The molecule has 0 spiro atoms. The minimum absolute atomic E-state index is 0.0283. The number of carbonyl (C=O) groups excluding carboxylic acids is 1. The molecule has 1 aromatic heterocycles. The van der Waals surface area contributed by atoms with Crippen LogP contribution < -0.4 is 14.8 Å². The minimum atomic E-state index is -0.403. The molecule has 1 amide bonds. The van der Waals surface area contributed by atoms with Crippen molar-refractivity contribution in [1.29, 1.82) is 0 Å². The summed E-state index contributed by atoms with van der Waals surface area (Å²) in [5.41, 5.74) is 1.02. The summed E-state index contributed by atoms with van der Waals surface area (Å²) in [6.45, 7) is 1.21. The molecule has 2 heterocycles. The summed E-state index contributed by atoms with van der Waals surface area (Å²) in [6, 6.07) is 11.2. The van der Waals surface area contributed by atoms with Crippen molar-refractivity contribution in [3.05, 3.63) is 54.4 Å². The molecule has 0 radical (unpaired) electrons. The van der Waals surface area contributed by atoms with E-state index in [0.29, 0.717) is 12.4 Å². The lowest BCUT2D eigenvalue weighted by molar-refractivity contribution is -0.127. The first-order valence-corrected chi connectivity index (χ1v) is 7.87. The van der Waals surface area contributed by atoms with Crippen LogP contribution in [0, 0.1) is 0 Å². The van der Waals surface area contributed by atoms with Crippen LogP contribution in [-0.2, 0) is 11.4 Å². The predicted octanol–water partition coefficient (Wildman–Crippen LogP) is 2.71. The zero-order valence-electron chi connectivity index (χ0n) is 12.9. The second kappa shape index (κ2) is 7.63. The lowest BCUT2D eigenvalue weighted by Crippen LogP contribution is -2.36. The van der Waals surface area contributed by atoms with Gasteiger partial charge in [-0.1, -0.05) is 6.07 Å². The van der Waals surface area contributed by atoms with Crippen LogP contribution >= 0.6 is 0 Å². The Kier molecular flexibility index (Phi) is 5.09. The number of hydrogen-bond acceptors (Lipinski definition) is 4. The highest BCUT2D eigenvalue weighted by Crippen LogP contribution is 2.21. The lowest BCUT2D eigenvalue weighted by Gasteiger charge is -2.16. The number of benzene rings is 1. The third kappa shape index (κ3) is 4.45. The third-order valence-corrected chi connectivity index (χ3v) is 3.72. The standard InChI is InChI=1S/C18H20N2O3/c21-18-17(5-1-2-11-20-18)23-16-8-6-15(7-9-16)22-13-14-4-3-10-19-12-14/h3-4,6-10,12,17H,1-2,5,11,13H2,(H,20,21). The van der Waals surface area contributed by atoms with Gasteiger partial charge in [0.15, 0.2) is 6.10 Å². The second-order valence-corrected chi connectivity index (χ2v) is 5.51. The summed E-state index contributed by atoms with van der Waals surface area (Å²) >= 11 is 0. The minimum Gasteiger partial charge on any atom is -0.489 e. The largest absolute Gasteiger partial charge is 0.489 e. The van der Waals surface area contributed by atoms with Crippen molar-refractivity contribution in [3.8, 4) is 11.5 Å². The van der Waals surface area contributed by atoms with Gasteiger partial charge in [0.1, 0.15) is 18.1 Å². The van der Waals surface area contributed by atoms with Crippen LogP contribution in [0.5, 0.6) is 11.5 Å². The molecule has 1 saturated heterocycles. The fraction of sp³-hybridized carbons (Fsp3) is 0.333. The van der Waals surface area contributed by atoms with Crippen LogP contribution in [0.4, 0.5) is 0 Å². The number of hydrogen-bond donors (Lipinski definition) is 1. The van der Waals surface area contributed by atoms with Gasteiger partial charge in [0.2, 0.25) is 0 Å². The third-order valence-electron chi connectivity index (χ3n) is 3.72. The molecule has 0 aliphatic carbocycles. The molecule has 1 unspecified atom stereocenters. The van der Waals surface area contributed by atoms with E-state index in [1.54, 1.807) is 12.4 Å². The van der Waals surface area contributed by atoms with Crippen molar-refractivity contribution in [2.45, 2.75) is 32.0 Å². The highest BCUT2D eigenvalue weighted by molar-refractivity contribution is 5.81. The quantitative estimate of drug-likeness (QED) is 0.922. The molecule has 5 nitrogen and oxygen atoms in total. The van der Waals surface area contributed by atoms with Crippen LogP contribution in [0.15, 0.2) is 48.8 Å². The summed E-state index contributed by atoms with van der Waals surface area (Å²) in [6.07, 6.45) is 5.87. The van der Waals surface area contributed by atoms with Gasteiger partial charge >= 0.3 is 0 Å². The first kappa shape index (κ1) is 15.3. The van der Waals surface area contributed by atoms with Crippen LogP contribution in [-0.4, -0.2) is 23.5 Å². The molecule has 1 aliphatic heterocycles. The van der Waals surface area contributed by atoms with Crippen LogP contribution in [0.3, 0.4) is 0 Å². The van der Waals surface area contributed by atoms with Gasteiger partial charge in [-0.25, -0.2) is 0 Å². The van der Waals surface area contributed by atoms with E-state index in [-0.39, 0.29) is 5.91 Å². The smallest absolute Gasteiger partial charge is 0.261 e. The van der Waals surface area contributed by atoms with Crippen LogP contribution in [0.25, 0.3) is 0 Å². The Bertz CT molecular complexity index is 628. The molecule has 1 fully saturated rings. The van der Waals surface area contributed by atoms with Crippen molar-refractivity contribution < 1.29 is 14.3 Å². The van der Waals surface area contributed by atoms with Gasteiger partial charge in [-0.15, -0.1) is 0 Å². The Morgan fingerprint density at radius 2 is 1.96 bits per heavy atom. The van der Waals surface area contributed by atoms with Gasteiger partial charge in [0, 0.05) is 24.5 Å². The molecule has 0 saturated carbocycles. The van der Waals surface area contributed by atoms with E-state index in [0.717, 1.165) is 37.1 Å². The number of nitrogens with zero attached hydrogens (tertiary/aromatic N) is 1. The average molecular weight is 312 g/mol. The summed E-state index contributed by atoms with van der Waals surface area (Å²) in [4.78, 5) is 15.9. The molecule has 1 aromatic carbocycles. The molecule has 23 heavy (non-hydrogen) atoms. The number of nitrogens with one attached hydrogen (secondary N) is 1. The highest BCUT2D eigenvalue weighted by Gasteiger charge is 2.22. The van der Waals surface area contributed by atoms with Crippen molar-refractivity contribution >= 4 is 5.91 Å². The number of amides is 1. The molecule has 1 atom stereocenters. The molecule has 120 valence electrons. The molecular weight excluding hydrogens is 292 g/mol. The molecule has 5 heteroatoms. The highest BCUT2D eigenvalue weighted by atomic mass is 16.5. The van der Waals surface area contributed by atoms with E-state index in [1.807, 2.05) is 36.4 Å². The van der Waals surface area contributed by atoms with Gasteiger partial charge in [0.05, 0.1) is 0 Å². The van der Waals surface area contributed by atoms with Gasteiger partial charge in [0.25, 0.3) is 5.91 Å². The first-order chi connectivity index (χ1) is 11.3. The molecule has 2 aromatic rings. The zero-order chi connectivity index (χ0) is 15.9. The predicted molar refractivity (Wildman–Crippen MR) is 86.3 cm³/mol. The van der Waals surface area contributed by atoms with E-state index in [9.17, 15) is 4.79 Å².